The fourth-order valence-corrected chi connectivity index (χ4v) is 3.17. The standard InChI is InChI=1S/C14H17NO3/c1-2-11(15-4-1)14-10-7-13-12(17-8-18-13)6-9(10)3-5-16-14/h6-7,11,14-15H,1-5,8H2/t11-,14+/m0/s1. The SMILES string of the molecule is c1c2c(cc3c1OCO3)[C@H]([C@@H]1CCCN1)OCC2. The molecule has 96 valence electrons. The fraction of sp³-hybridized carbons (Fsp3) is 0.571. The molecular weight excluding hydrogens is 230 g/mol. The second kappa shape index (κ2) is 4.14. The number of benzene rings is 1. The van der Waals surface area contributed by atoms with Crippen LogP contribution in [-0.2, 0) is 11.2 Å². The van der Waals surface area contributed by atoms with Crippen LogP contribution in [-0.4, -0.2) is 26.0 Å². The molecule has 18 heavy (non-hydrogen) atoms. The van der Waals surface area contributed by atoms with E-state index >= 15 is 0 Å². The fourth-order valence-electron chi connectivity index (χ4n) is 3.17. The number of nitrogens with one attached hydrogen (secondary N) is 1. The highest BCUT2D eigenvalue weighted by Crippen LogP contribution is 2.41. The second-order valence-corrected chi connectivity index (χ2v) is 5.15. The van der Waals surface area contributed by atoms with Crippen LogP contribution < -0.4 is 14.8 Å². The predicted octanol–water partition coefficient (Wildman–Crippen LogP) is 1.78. The third kappa shape index (κ3) is 1.60. The van der Waals surface area contributed by atoms with Crippen LogP contribution in [0.2, 0.25) is 0 Å². The van der Waals surface area contributed by atoms with Crippen molar-refractivity contribution in [2.75, 3.05) is 19.9 Å². The van der Waals surface area contributed by atoms with E-state index in [2.05, 4.69) is 17.4 Å². The Morgan fingerprint density at radius 1 is 1.17 bits per heavy atom. The van der Waals surface area contributed by atoms with Gasteiger partial charge in [0.05, 0.1) is 12.7 Å². The first-order chi connectivity index (χ1) is 8.92. The lowest BCUT2D eigenvalue weighted by molar-refractivity contribution is 0.0198. The van der Waals surface area contributed by atoms with E-state index in [1.54, 1.807) is 0 Å². The zero-order valence-electron chi connectivity index (χ0n) is 10.3. The van der Waals surface area contributed by atoms with Gasteiger partial charge in [-0.05, 0) is 49.1 Å². The van der Waals surface area contributed by atoms with E-state index in [4.69, 9.17) is 14.2 Å². The molecule has 0 aliphatic carbocycles. The molecular formula is C14H17NO3. The number of hydrogen-bond acceptors (Lipinski definition) is 4. The van der Waals surface area contributed by atoms with Gasteiger partial charge in [-0.3, -0.25) is 0 Å². The Bertz CT molecular complexity index is 468. The molecule has 0 saturated carbocycles. The maximum absolute atomic E-state index is 5.99. The smallest absolute Gasteiger partial charge is 0.231 e. The van der Waals surface area contributed by atoms with Gasteiger partial charge in [0, 0.05) is 6.04 Å². The monoisotopic (exact) mass is 247 g/mol. The number of ether oxygens (including phenoxy) is 3. The van der Waals surface area contributed by atoms with Crippen molar-refractivity contribution >= 4 is 0 Å². The summed E-state index contributed by atoms with van der Waals surface area (Å²) in [5, 5.41) is 3.54. The van der Waals surface area contributed by atoms with E-state index in [9.17, 15) is 0 Å². The van der Waals surface area contributed by atoms with Crippen molar-refractivity contribution in [1.82, 2.24) is 5.32 Å². The van der Waals surface area contributed by atoms with Crippen LogP contribution in [0.3, 0.4) is 0 Å². The zero-order valence-corrected chi connectivity index (χ0v) is 10.3. The van der Waals surface area contributed by atoms with Crippen molar-refractivity contribution in [2.45, 2.75) is 31.4 Å². The van der Waals surface area contributed by atoms with E-state index in [0.29, 0.717) is 12.8 Å². The molecule has 0 spiro atoms. The highest BCUT2D eigenvalue weighted by Gasteiger charge is 2.32. The molecule has 2 atom stereocenters. The molecule has 0 radical (unpaired) electrons. The lowest BCUT2D eigenvalue weighted by Crippen LogP contribution is -2.33. The van der Waals surface area contributed by atoms with Gasteiger partial charge < -0.3 is 19.5 Å². The highest BCUT2D eigenvalue weighted by molar-refractivity contribution is 5.50. The number of hydrogen-bond donors (Lipinski definition) is 1. The summed E-state index contributed by atoms with van der Waals surface area (Å²) in [6, 6.07) is 4.69. The van der Waals surface area contributed by atoms with Crippen LogP contribution in [0.1, 0.15) is 30.1 Å². The van der Waals surface area contributed by atoms with Crippen molar-refractivity contribution in [3.05, 3.63) is 23.3 Å². The molecule has 3 aliphatic rings. The number of rotatable bonds is 1. The minimum atomic E-state index is 0.172. The lowest BCUT2D eigenvalue weighted by atomic mass is 9.92. The molecule has 1 fully saturated rings. The van der Waals surface area contributed by atoms with E-state index in [0.717, 1.165) is 31.1 Å². The molecule has 1 N–H and O–H groups in total. The molecule has 1 aromatic rings. The van der Waals surface area contributed by atoms with Gasteiger partial charge in [0.15, 0.2) is 11.5 Å². The Morgan fingerprint density at radius 2 is 2.06 bits per heavy atom. The van der Waals surface area contributed by atoms with Crippen LogP contribution in [0.25, 0.3) is 0 Å². The summed E-state index contributed by atoms with van der Waals surface area (Å²) in [5.74, 6) is 1.75. The summed E-state index contributed by atoms with van der Waals surface area (Å²) in [6.45, 7) is 2.24. The molecule has 4 nitrogen and oxygen atoms in total. The molecule has 3 heterocycles. The van der Waals surface area contributed by atoms with Crippen molar-refractivity contribution in [1.29, 1.82) is 0 Å². The van der Waals surface area contributed by atoms with Crippen molar-refractivity contribution in [3.8, 4) is 11.5 Å². The third-order valence-corrected chi connectivity index (χ3v) is 4.07. The first-order valence-corrected chi connectivity index (χ1v) is 6.69. The average molecular weight is 247 g/mol. The Morgan fingerprint density at radius 3 is 2.89 bits per heavy atom. The van der Waals surface area contributed by atoms with Crippen molar-refractivity contribution < 1.29 is 14.2 Å². The van der Waals surface area contributed by atoms with E-state index in [1.807, 2.05) is 0 Å². The average Bonchev–Trinajstić information content (AvgIpc) is 3.06. The topological polar surface area (TPSA) is 39.7 Å². The first-order valence-electron chi connectivity index (χ1n) is 6.69. The zero-order chi connectivity index (χ0) is 11.9. The maximum Gasteiger partial charge on any atom is 0.231 e. The third-order valence-electron chi connectivity index (χ3n) is 4.07. The van der Waals surface area contributed by atoms with Gasteiger partial charge in [-0.1, -0.05) is 0 Å². The molecule has 4 rings (SSSR count). The largest absolute Gasteiger partial charge is 0.454 e. The molecule has 0 bridgehead atoms. The van der Waals surface area contributed by atoms with Crippen molar-refractivity contribution in [2.24, 2.45) is 0 Å². The Labute approximate surface area is 106 Å². The molecule has 0 unspecified atom stereocenters. The first kappa shape index (κ1) is 10.6. The molecule has 1 aromatic carbocycles. The lowest BCUT2D eigenvalue weighted by Gasteiger charge is -2.30. The quantitative estimate of drug-likeness (QED) is 0.821. The van der Waals surface area contributed by atoms with E-state index < -0.39 is 0 Å². The predicted molar refractivity (Wildman–Crippen MR) is 66.0 cm³/mol. The second-order valence-electron chi connectivity index (χ2n) is 5.15. The number of fused-ring (bicyclic) bond motifs is 2. The van der Waals surface area contributed by atoms with Crippen molar-refractivity contribution in [3.63, 3.8) is 0 Å². The van der Waals surface area contributed by atoms with Gasteiger partial charge in [0.2, 0.25) is 6.79 Å². The normalized spacial score (nSPS) is 29.3. The molecule has 0 amide bonds. The summed E-state index contributed by atoms with van der Waals surface area (Å²) < 4.78 is 16.9. The molecule has 4 heteroatoms. The van der Waals surface area contributed by atoms with Gasteiger partial charge >= 0.3 is 0 Å². The van der Waals surface area contributed by atoms with Crippen LogP contribution in [0.15, 0.2) is 12.1 Å². The van der Waals surface area contributed by atoms with Gasteiger partial charge in [-0.25, -0.2) is 0 Å². The van der Waals surface area contributed by atoms with Crippen LogP contribution in [0.5, 0.6) is 11.5 Å². The summed E-state index contributed by atoms with van der Waals surface area (Å²) in [5.41, 5.74) is 2.63. The summed E-state index contributed by atoms with van der Waals surface area (Å²) in [7, 11) is 0. The van der Waals surface area contributed by atoms with Gasteiger partial charge in [0.25, 0.3) is 0 Å². The minimum absolute atomic E-state index is 0.172. The Balaban J connectivity index is 1.73. The molecule has 0 aromatic heterocycles. The van der Waals surface area contributed by atoms with Crippen LogP contribution in [0.4, 0.5) is 0 Å². The minimum Gasteiger partial charge on any atom is -0.454 e. The molecule has 1 saturated heterocycles. The Hall–Kier alpha value is -1.26. The van der Waals surface area contributed by atoms with Gasteiger partial charge in [-0.15, -0.1) is 0 Å². The van der Waals surface area contributed by atoms with Gasteiger partial charge in [0.1, 0.15) is 0 Å². The summed E-state index contributed by atoms with van der Waals surface area (Å²) in [6.07, 6.45) is 3.57. The van der Waals surface area contributed by atoms with E-state index in [-0.39, 0.29) is 6.10 Å². The molecule has 3 aliphatic heterocycles. The summed E-state index contributed by atoms with van der Waals surface area (Å²) in [4.78, 5) is 0. The van der Waals surface area contributed by atoms with Crippen LogP contribution >= 0.6 is 0 Å². The van der Waals surface area contributed by atoms with Crippen LogP contribution in [0, 0.1) is 0 Å². The highest BCUT2D eigenvalue weighted by atomic mass is 16.7. The van der Waals surface area contributed by atoms with Gasteiger partial charge in [-0.2, -0.15) is 0 Å². The maximum atomic E-state index is 5.99. The summed E-state index contributed by atoms with van der Waals surface area (Å²) >= 11 is 0. The Kier molecular flexibility index (Phi) is 2.45. The van der Waals surface area contributed by atoms with E-state index in [1.165, 1.54) is 24.0 Å².